The van der Waals surface area contributed by atoms with E-state index in [0.717, 1.165) is 42.9 Å². The number of methoxy groups -OCH3 is 2. The number of hydrogen-bond acceptors (Lipinski definition) is 6. The van der Waals surface area contributed by atoms with Crippen LogP contribution in [0.2, 0.25) is 0 Å². The number of carboxylic acid groups (broad SMARTS) is 1. The summed E-state index contributed by atoms with van der Waals surface area (Å²) < 4.78 is 10.7. The van der Waals surface area contributed by atoms with Crippen LogP contribution in [-0.2, 0) is 6.42 Å². The molecule has 0 aliphatic carbocycles. The number of piperazine rings is 1. The Hall–Kier alpha value is -3.10. The number of benzene rings is 2. The van der Waals surface area contributed by atoms with Gasteiger partial charge >= 0.3 is 6.09 Å². The molecule has 2 atom stereocenters. The zero-order chi connectivity index (χ0) is 24.5. The van der Waals surface area contributed by atoms with Crippen molar-refractivity contribution in [2.75, 3.05) is 58.9 Å². The Morgan fingerprint density at radius 3 is 2.26 bits per heavy atom. The molecule has 2 aromatic carbocycles. The summed E-state index contributed by atoms with van der Waals surface area (Å²) in [7, 11) is 5.36. The molecule has 2 aliphatic rings. The second kappa shape index (κ2) is 9.64. The Balaban J connectivity index is 1.84. The standard InChI is InChI=1S/C26H34N4O4/c1-6-30(26(31)32)18(2)15-20-16-23(33-4)24(34-5)17-22(20)25(27-30)19-7-9-21(10-8-19)29-13-11-28(3)12-14-29/h7-10,16-18H,6,11-15H2,1-5H3/p+1. The van der Waals surface area contributed by atoms with Gasteiger partial charge in [0, 0.05) is 49.4 Å². The van der Waals surface area contributed by atoms with Crippen molar-refractivity contribution in [2.45, 2.75) is 26.3 Å². The topological polar surface area (TPSA) is 74.6 Å². The Morgan fingerprint density at radius 2 is 1.71 bits per heavy atom. The van der Waals surface area contributed by atoms with E-state index in [9.17, 15) is 9.90 Å². The number of hydrogen-bond donors (Lipinski definition) is 1. The van der Waals surface area contributed by atoms with Gasteiger partial charge < -0.3 is 24.4 Å². The molecule has 8 heteroatoms. The van der Waals surface area contributed by atoms with Gasteiger partial charge in [-0.2, -0.15) is 4.79 Å². The highest BCUT2D eigenvalue weighted by molar-refractivity contribution is 6.14. The number of amides is 1. The number of ether oxygens (including phenoxy) is 2. The number of quaternary nitrogens is 1. The molecule has 8 nitrogen and oxygen atoms in total. The molecule has 2 aliphatic heterocycles. The van der Waals surface area contributed by atoms with Crippen molar-refractivity contribution in [2.24, 2.45) is 5.10 Å². The second-order valence-corrected chi connectivity index (χ2v) is 9.13. The molecular formula is C26H35N4O4+. The SMILES string of the molecule is CC[N+]1(C(=O)O)N=C(c2ccc(N3CCN(C)CC3)cc2)c2cc(OC)c(OC)cc2CC1C. The maximum Gasteiger partial charge on any atom is 0.541 e. The van der Waals surface area contributed by atoms with Crippen LogP contribution in [-0.4, -0.2) is 86.4 Å². The minimum absolute atomic E-state index is 0.249. The molecule has 0 saturated carbocycles. The van der Waals surface area contributed by atoms with Crippen molar-refractivity contribution in [1.82, 2.24) is 4.90 Å². The smallest absolute Gasteiger partial charge is 0.493 e. The fraction of sp³-hybridized carbons (Fsp3) is 0.462. The van der Waals surface area contributed by atoms with Crippen molar-refractivity contribution < 1.29 is 24.0 Å². The molecule has 2 unspecified atom stereocenters. The van der Waals surface area contributed by atoms with Crippen molar-refractivity contribution in [1.29, 1.82) is 0 Å². The third-order valence-electron chi connectivity index (χ3n) is 7.21. The first-order valence-corrected chi connectivity index (χ1v) is 11.8. The zero-order valence-corrected chi connectivity index (χ0v) is 20.7. The van der Waals surface area contributed by atoms with Crippen LogP contribution in [0.3, 0.4) is 0 Å². The molecule has 0 aromatic heterocycles. The highest BCUT2D eigenvalue weighted by Gasteiger charge is 2.45. The van der Waals surface area contributed by atoms with Gasteiger partial charge in [0.25, 0.3) is 0 Å². The summed E-state index contributed by atoms with van der Waals surface area (Å²) in [6.07, 6.45) is -0.393. The van der Waals surface area contributed by atoms with E-state index in [2.05, 4.69) is 41.1 Å². The Morgan fingerprint density at radius 1 is 1.09 bits per heavy atom. The summed E-state index contributed by atoms with van der Waals surface area (Å²) in [4.78, 5) is 17.3. The molecule has 0 bridgehead atoms. The molecule has 4 rings (SSSR count). The predicted octanol–water partition coefficient (Wildman–Crippen LogP) is 3.67. The second-order valence-electron chi connectivity index (χ2n) is 9.13. The van der Waals surface area contributed by atoms with Gasteiger partial charge in [-0.3, -0.25) is 0 Å². The Bertz CT molecular complexity index is 1080. The quantitative estimate of drug-likeness (QED) is 0.677. The molecule has 34 heavy (non-hydrogen) atoms. The van der Waals surface area contributed by atoms with Crippen LogP contribution in [0.15, 0.2) is 41.5 Å². The van der Waals surface area contributed by atoms with Crippen LogP contribution in [0, 0.1) is 0 Å². The summed E-state index contributed by atoms with van der Waals surface area (Å²) in [5.74, 6) is 1.23. The van der Waals surface area contributed by atoms with Crippen molar-refractivity contribution >= 4 is 17.5 Å². The van der Waals surface area contributed by atoms with Gasteiger partial charge in [0.15, 0.2) is 11.5 Å². The molecule has 1 N–H and O–H groups in total. The molecular weight excluding hydrogens is 432 g/mol. The lowest BCUT2D eigenvalue weighted by Gasteiger charge is -2.34. The lowest BCUT2D eigenvalue weighted by atomic mass is 9.93. The van der Waals surface area contributed by atoms with Crippen LogP contribution in [0.5, 0.6) is 11.5 Å². The molecule has 1 fully saturated rings. The van der Waals surface area contributed by atoms with E-state index in [-0.39, 0.29) is 10.6 Å². The Kier molecular flexibility index (Phi) is 6.81. The van der Waals surface area contributed by atoms with Crippen LogP contribution < -0.4 is 14.4 Å². The summed E-state index contributed by atoms with van der Waals surface area (Å²) in [6.45, 7) is 8.22. The van der Waals surface area contributed by atoms with Gasteiger partial charge in [0.2, 0.25) is 0 Å². The monoisotopic (exact) mass is 467 g/mol. The number of nitrogens with zero attached hydrogens (tertiary/aromatic N) is 4. The van der Waals surface area contributed by atoms with Crippen molar-refractivity contribution in [3.8, 4) is 11.5 Å². The van der Waals surface area contributed by atoms with Gasteiger partial charge in [0.05, 0.1) is 14.2 Å². The van der Waals surface area contributed by atoms with Gasteiger partial charge in [-0.05, 0) is 50.7 Å². The van der Waals surface area contributed by atoms with Crippen molar-refractivity contribution in [3.63, 3.8) is 0 Å². The maximum absolute atomic E-state index is 12.5. The third-order valence-corrected chi connectivity index (χ3v) is 7.21. The van der Waals surface area contributed by atoms with E-state index in [1.807, 2.05) is 26.0 Å². The van der Waals surface area contributed by atoms with E-state index in [4.69, 9.17) is 14.6 Å². The first-order valence-electron chi connectivity index (χ1n) is 11.8. The van der Waals surface area contributed by atoms with Gasteiger partial charge in [0.1, 0.15) is 18.3 Å². The molecule has 1 saturated heterocycles. The third kappa shape index (κ3) is 4.23. The lowest BCUT2D eigenvalue weighted by Crippen LogP contribution is -2.54. The molecule has 2 aromatic rings. The normalized spacial score (nSPS) is 23.0. The summed E-state index contributed by atoms with van der Waals surface area (Å²) >= 11 is 0. The van der Waals surface area contributed by atoms with E-state index in [1.54, 1.807) is 14.2 Å². The molecule has 182 valence electrons. The number of anilines is 1. The highest BCUT2D eigenvalue weighted by atomic mass is 16.5. The number of fused-ring (bicyclic) bond motifs is 1. The van der Waals surface area contributed by atoms with E-state index in [1.165, 1.54) is 5.69 Å². The number of rotatable bonds is 5. The summed E-state index contributed by atoms with van der Waals surface area (Å²) in [6, 6.07) is 12.0. The first-order chi connectivity index (χ1) is 16.3. The van der Waals surface area contributed by atoms with Gasteiger partial charge in [-0.15, -0.1) is 0 Å². The fourth-order valence-electron chi connectivity index (χ4n) is 4.97. The Labute approximate surface area is 201 Å². The molecule has 0 spiro atoms. The number of likely N-dealkylation sites (N-methyl/N-ethyl adjacent to an activating group) is 2. The summed E-state index contributed by atoms with van der Waals surface area (Å²) in [5, 5.41) is 15.2. The summed E-state index contributed by atoms with van der Waals surface area (Å²) in [5.41, 5.74) is 4.60. The highest BCUT2D eigenvalue weighted by Crippen LogP contribution is 2.36. The van der Waals surface area contributed by atoms with E-state index >= 15 is 0 Å². The first kappa shape index (κ1) is 24.0. The molecule has 1 amide bonds. The van der Waals surface area contributed by atoms with Crippen molar-refractivity contribution in [3.05, 3.63) is 53.1 Å². The zero-order valence-electron chi connectivity index (χ0n) is 20.7. The van der Waals surface area contributed by atoms with Gasteiger partial charge in [-0.25, -0.2) is 0 Å². The van der Waals surface area contributed by atoms with E-state index < -0.39 is 6.09 Å². The number of carbonyl (C=O) groups is 1. The predicted molar refractivity (Wildman–Crippen MR) is 133 cm³/mol. The van der Waals surface area contributed by atoms with Gasteiger partial charge in [-0.1, -0.05) is 21.8 Å². The average Bonchev–Trinajstić information content (AvgIpc) is 2.97. The minimum atomic E-state index is -0.951. The van der Waals surface area contributed by atoms with E-state index in [0.29, 0.717) is 30.2 Å². The fourth-order valence-corrected chi connectivity index (χ4v) is 4.97. The van der Waals surface area contributed by atoms with Crippen LogP contribution in [0.1, 0.15) is 30.5 Å². The average molecular weight is 468 g/mol. The molecule has 0 radical (unpaired) electrons. The van der Waals surface area contributed by atoms with Crippen LogP contribution in [0.4, 0.5) is 10.5 Å². The molecule has 2 heterocycles. The van der Waals surface area contributed by atoms with Crippen LogP contribution >= 0.6 is 0 Å². The largest absolute Gasteiger partial charge is 0.541 e. The lowest BCUT2D eigenvalue weighted by molar-refractivity contribution is -0.884. The maximum atomic E-state index is 12.5. The minimum Gasteiger partial charge on any atom is -0.493 e. The van der Waals surface area contributed by atoms with Crippen LogP contribution in [0.25, 0.3) is 0 Å².